The van der Waals surface area contributed by atoms with Crippen LogP contribution in [0.3, 0.4) is 0 Å². The van der Waals surface area contributed by atoms with E-state index in [1.165, 1.54) is 0 Å². The minimum absolute atomic E-state index is 0.0923. The summed E-state index contributed by atoms with van der Waals surface area (Å²) in [6.07, 6.45) is -0.317. The molecule has 1 aliphatic heterocycles. The standard InChI is InChI=1S/C16H20N4O3/c1-3-23-16(22)20-10-8-19(9-11-20)15(21)14-12-6-4-5-7-13(12)18(2)17-14/h4-7H,3,8-11H2,1-2H3. The summed E-state index contributed by atoms with van der Waals surface area (Å²) in [5, 5.41) is 5.22. The highest BCUT2D eigenvalue weighted by atomic mass is 16.6. The highest BCUT2D eigenvalue weighted by Crippen LogP contribution is 2.19. The number of aromatic nitrogens is 2. The Morgan fingerprint density at radius 3 is 2.48 bits per heavy atom. The maximum Gasteiger partial charge on any atom is 0.409 e. The molecular formula is C16H20N4O3. The van der Waals surface area contributed by atoms with E-state index in [4.69, 9.17) is 4.74 Å². The van der Waals surface area contributed by atoms with Gasteiger partial charge in [-0.25, -0.2) is 4.79 Å². The van der Waals surface area contributed by atoms with E-state index in [-0.39, 0.29) is 12.0 Å². The summed E-state index contributed by atoms with van der Waals surface area (Å²) >= 11 is 0. The fourth-order valence-electron chi connectivity index (χ4n) is 2.83. The molecule has 3 rings (SSSR count). The molecule has 1 aliphatic rings. The molecule has 1 aromatic heterocycles. The molecule has 122 valence electrons. The van der Waals surface area contributed by atoms with Gasteiger partial charge in [0.15, 0.2) is 5.69 Å². The molecule has 2 amide bonds. The third-order valence-electron chi connectivity index (χ3n) is 4.05. The molecule has 1 saturated heterocycles. The van der Waals surface area contributed by atoms with Crippen molar-refractivity contribution >= 4 is 22.9 Å². The van der Waals surface area contributed by atoms with E-state index in [0.717, 1.165) is 10.9 Å². The Hall–Kier alpha value is -2.57. The summed E-state index contributed by atoms with van der Waals surface area (Å²) in [6, 6.07) is 7.68. The number of fused-ring (bicyclic) bond motifs is 1. The molecule has 0 radical (unpaired) electrons. The summed E-state index contributed by atoms with van der Waals surface area (Å²) < 4.78 is 6.71. The number of rotatable bonds is 2. The van der Waals surface area contributed by atoms with Crippen molar-refractivity contribution in [3.8, 4) is 0 Å². The van der Waals surface area contributed by atoms with Gasteiger partial charge in [-0.15, -0.1) is 0 Å². The smallest absolute Gasteiger partial charge is 0.409 e. The van der Waals surface area contributed by atoms with Gasteiger partial charge in [0.25, 0.3) is 5.91 Å². The van der Waals surface area contributed by atoms with Gasteiger partial charge in [-0.05, 0) is 13.0 Å². The van der Waals surface area contributed by atoms with Crippen molar-refractivity contribution in [3.63, 3.8) is 0 Å². The molecule has 0 spiro atoms. The molecule has 23 heavy (non-hydrogen) atoms. The number of amides is 2. The quantitative estimate of drug-likeness (QED) is 0.842. The van der Waals surface area contributed by atoms with Crippen molar-refractivity contribution in [1.29, 1.82) is 0 Å². The Balaban J connectivity index is 1.73. The van der Waals surface area contributed by atoms with Gasteiger partial charge in [-0.3, -0.25) is 9.48 Å². The number of para-hydroxylation sites is 1. The summed E-state index contributed by atoms with van der Waals surface area (Å²) in [4.78, 5) is 27.8. The SMILES string of the molecule is CCOC(=O)N1CCN(C(=O)c2nn(C)c3ccccc23)CC1. The number of carbonyl (C=O) groups excluding carboxylic acids is 2. The minimum Gasteiger partial charge on any atom is -0.450 e. The van der Waals surface area contributed by atoms with E-state index >= 15 is 0 Å². The Bertz CT molecular complexity index is 732. The molecule has 0 bridgehead atoms. The first kappa shape index (κ1) is 15.3. The highest BCUT2D eigenvalue weighted by Gasteiger charge is 2.27. The van der Waals surface area contributed by atoms with Crippen molar-refractivity contribution in [2.75, 3.05) is 32.8 Å². The van der Waals surface area contributed by atoms with Crippen molar-refractivity contribution in [2.45, 2.75) is 6.92 Å². The van der Waals surface area contributed by atoms with Crippen LogP contribution in [0.1, 0.15) is 17.4 Å². The Kier molecular flexibility index (Phi) is 4.18. The number of nitrogens with zero attached hydrogens (tertiary/aromatic N) is 4. The van der Waals surface area contributed by atoms with Crippen LogP contribution in [0.4, 0.5) is 4.79 Å². The molecule has 7 nitrogen and oxygen atoms in total. The normalized spacial score (nSPS) is 15.0. The second-order valence-electron chi connectivity index (χ2n) is 5.47. The van der Waals surface area contributed by atoms with Crippen LogP contribution < -0.4 is 0 Å². The summed E-state index contributed by atoms with van der Waals surface area (Å²) in [7, 11) is 1.83. The molecule has 0 N–H and O–H groups in total. The lowest BCUT2D eigenvalue weighted by molar-refractivity contribution is 0.0567. The molecule has 7 heteroatoms. The average Bonchev–Trinajstić information content (AvgIpc) is 2.92. The zero-order valence-electron chi connectivity index (χ0n) is 13.4. The van der Waals surface area contributed by atoms with Crippen molar-refractivity contribution < 1.29 is 14.3 Å². The van der Waals surface area contributed by atoms with E-state index in [2.05, 4.69) is 5.10 Å². The van der Waals surface area contributed by atoms with Gasteiger partial charge in [0.1, 0.15) is 0 Å². The second-order valence-corrected chi connectivity index (χ2v) is 5.47. The molecule has 2 aromatic rings. The van der Waals surface area contributed by atoms with Crippen molar-refractivity contribution in [2.24, 2.45) is 7.05 Å². The van der Waals surface area contributed by atoms with Gasteiger partial charge < -0.3 is 14.5 Å². The van der Waals surface area contributed by atoms with Gasteiger partial charge in [-0.1, -0.05) is 18.2 Å². The number of carbonyl (C=O) groups is 2. The van der Waals surface area contributed by atoms with Gasteiger partial charge in [0, 0.05) is 38.6 Å². The first-order valence-corrected chi connectivity index (χ1v) is 7.74. The lowest BCUT2D eigenvalue weighted by Gasteiger charge is -2.33. The van der Waals surface area contributed by atoms with Crippen LogP contribution in [-0.2, 0) is 11.8 Å². The van der Waals surface area contributed by atoms with Crippen molar-refractivity contribution in [1.82, 2.24) is 19.6 Å². The fourth-order valence-corrected chi connectivity index (χ4v) is 2.83. The topological polar surface area (TPSA) is 67.7 Å². The van der Waals surface area contributed by atoms with E-state index < -0.39 is 0 Å². The van der Waals surface area contributed by atoms with E-state index in [9.17, 15) is 9.59 Å². The highest BCUT2D eigenvalue weighted by molar-refractivity contribution is 6.04. The number of hydrogen-bond donors (Lipinski definition) is 0. The Morgan fingerprint density at radius 1 is 1.13 bits per heavy atom. The van der Waals surface area contributed by atoms with Crippen LogP contribution in [0.25, 0.3) is 10.9 Å². The third kappa shape index (κ3) is 2.86. The third-order valence-corrected chi connectivity index (χ3v) is 4.05. The van der Waals surface area contributed by atoms with Gasteiger partial charge in [-0.2, -0.15) is 5.10 Å². The lowest BCUT2D eigenvalue weighted by Crippen LogP contribution is -2.50. The van der Waals surface area contributed by atoms with Gasteiger partial charge in [0.2, 0.25) is 0 Å². The van der Waals surface area contributed by atoms with E-state index in [1.54, 1.807) is 21.4 Å². The molecule has 0 atom stereocenters. The molecule has 0 saturated carbocycles. The second kappa shape index (κ2) is 6.28. The van der Waals surface area contributed by atoms with Crippen LogP contribution in [0.2, 0.25) is 0 Å². The summed E-state index contributed by atoms with van der Waals surface area (Å²) in [6.45, 7) is 4.08. The van der Waals surface area contributed by atoms with Crippen LogP contribution in [0.15, 0.2) is 24.3 Å². The number of aryl methyl sites for hydroxylation is 1. The van der Waals surface area contributed by atoms with E-state index in [0.29, 0.717) is 38.5 Å². The number of ether oxygens (including phenoxy) is 1. The largest absolute Gasteiger partial charge is 0.450 e. The van der Waals surface area contributed by atoms with Crippen molar-refractivity contribution in [3.05, 3.63) is 30.0 Å². The van der Waals surface area contributed by atoms with Crippen LogP contribution in [0, 0.1) is 0 Å². The number of hydrogen-bond acceptors (Lipinski definition) is 4. The molecular weight excluding hydrogens is 296 g/mol. The molecule has 0 aliphatic carbocycles. The van der Waals surface area contributed by atoms with E-state index in [1.807, 2.05) is 31.3 Å². The minimum atomic E-state index is -0.317. The molecule has 1 aromatic carbocycles. The average molecular weight is 316 g/mol. The summed E-state index contributed by atoms with van der Waals surface area (Å²) in [5.41, 5.74) is 1.40. The zero-order chi connectivity index (χ0) is 16.4. The van der Waals surface area contributed by atoms with Crippen LogP contribution >= 0.6 is 0 Å². The van der Waals surface area contributed by atoms with Gasteiger partial charge >= 0.3 is 6.09 Å². The lowest BCUT2D eigenvalue weighted by atomic mass is 10.2. The summed E-state index contributed by atoms with van der Waals surface area (Å²) in [5.74, 6) is -0.0923. The Labute approximate surface area is 134 Å². The van der Waals surface area contributed by atoms with Crippen LogP contribution in [-0.4, -0.2) is 64.4 Å². The zero-order valence-corrected chi connectivity index (χ0v) is 13.4. The molecule has 1 fully saturated rings. The first-order valence-electron chi connectivity index (χ1n) is 7.74. The Morgan fingerprint density at radius 2 is 1.78 bits per heavy atom. The molecule has 2 heterocycles. The molecule has 0 unspecified atom stereocenters. The first-order chi connectivity index (χ1) is 11.1. The predicted octanol–water partition coefficient (Wildman–Crippen LogP) is 1.49. The van der Waals surface area contributed by atoms with Gasteiger partial charge in [0.05, 0.1) is 12.1 Å². The predicted molar refractivity (Wildman–Crippen MR) is 85.2 cm³/mol. The maximum absolute atomic E-state index is 12.7. The number of piperazine rings is 1. The fraction of sp³-hybridized carbons (Fsp3) is 0.438. The monoisotopic (exact) mass is 316 g/mol. The number of benzene rings is 1. The maximum atomic E-state index is 12.7. The van der Waals surface area contributed by atoms with Crippen LogP contribution in [0.5, 0.6) is 0 Å².